The first-order valence-corrected chi connectivity index (χ1v) is 7.40. The SMILES string of the molecule is O=C(Nc1nccs1)c1csc(-c2ccc(F)cc2)n1. The topological polar surface area (TPSA) is 54.9 Å². The number of hydrogen-bond acceptors (Lipinski definition) is 5. The standard InChI is InChI=1S/C13H8FN3OS2/c14-9-3-1-8(2-4-9)12-16-10(7-20-12)11(18)17-13-15-5-6-19-13/h1-7H,(H,15,17,18). The van der Waals surface area contributed by atoms with Crippen molar-refractivity contribution in [2.75, 3.05) is 5.32 Å². The molecule has 20 heavy (non-hydrogen) atoms. The second-order valence-electron chi connectivity index (χ2n) is 3.84. The van der Waals surface area contributed by atoms with E-state index in [9.17, 15) is 9.18 Å². The largest absolute Gasteiger partial charge is 0.296 e. The fourth-order valence-electron chi connectivity index (χ4n) is 1.55. The summed E-state index contributed by atoms with van der Waals surface area (Å²) in [4.78, 5) is 20.2. The summed E-state index contributed by atoms with van der Waals surface area (Å²) in [5.41, 5.74) is 1.11. The molecule has 3 rings (SSSR count). The maximum absolute atomic E-state index is 12.9. The van der Waals surface area contributed by atoms with Crippen LogP contribution in [0.5, 0.6) is 0 Å². The number of carbonyl (C=O) groups excluding carboxylic acids is 1. The van der Waals surface area contributed by atoms with Gasteiger partial charge in [0, 0.05) is 22.5 Å². The van der Waals surface area contributed by atoms with Gasteiger partial charge < -0.3 is 0 Å². The summed E-state index contributed by atoms with van der Waals surface area (Å²) in [5, 5.41) is 7.32. The average molecular weight is 305 g/mol. The van der Waals surface area contributed by atoms with Gasteiger partial charge in [-0.25, -0.2) is 14.4 Å². The molecule has 0 unspecified atom stereocenters. The molecule has 2 heterocycles. The Labute approximate surface area is 122 Å². The molecule has 100 valence electrons. The number of hydrogen-bond donors (Lipinski definition) is 1. The molecule has 3 aromatic rings. The van der Waals surface area contributed by atoms with Gasteiger partial charge in [0.05, 0.1) is 0 Å². The van der Waals surface area contributed by atoms with Crippen LogP contribution < -0.4 is 5.32 Å². The van der Waals surface area contributed by atoms with Crippen LogP contribution in [0.15, 0.2) is 41.2 Å². The third kappa shape index (κ3) is 2.73. The lowest BCUT2D eigenvalue weighted by Gasteiger charge is -1.97. The predicted octanol–water partition coefficient (Wildman–Crippen LogP) is 3.66. The number of nitrogens with zero attached hydrogens (tertiary/aromatic N) is 2. The second kappa shape index (κ2) is 5.48. The number of nitrogens with one attached hydrogen (secondary N) is 1. The number of amides is 1. The van der Waals surface area contributed by atoms with Crippen molar-refractivity contribution >= 4 is 33.7 Å². The van der Waals surface area contributed by atoms with Crippen molar-refractivity contribution in [1.29, 1.82) is 0 Å². The predicted molar refractivity (Wildman–Crippen MR) is 77.6 cm³/mol. The van der Waals surface area contributed by atoms with Gasteiger partial charge in [-0.3, -0.25) is 10.1 Å². The van der Waals surface area contributed by atoms with Crippen molar-refractivity contribution < 1.29 is 9.18 Å². The van der Waals surface area contributed by atoms with Gasteiger partial charge >= 0.3 is 0 Å². The summed E-state index contributed by atoms with van der Waals surface area (Å²) in [6.07, 6.45) is 1.62. The van der Waals surface area contributed by atoms with E-state index in [2.05, 4.69) is 15.3 Å². The van der Waals surface area contributed by atoms with E-state index >= 15 is 0 Å². The minimum Gasteiger partial charge on any atom is -0.296 e. The molecule has 7 heteroatoms. The second-order valence-corrected chi connectivity index (χ2v) is 5.59. The van der Waals surface area contributed by atoms with Crippen molar-refractivity contribution in [2.45, 2.75) is 0 Å². The molecule has 0 aliphatic heterocycles. The summed E-state index contributed by atoms with van der Waals surface area (Å²) >= 11 is 2.68. The Bertz CT molecular complexity index is 722. The van der Waals surface area contributed by atoms with E-state index in [4.69, 9.17) is 0 Å². The molecule has 0 saturated heterocycles. The number of halogens is 1. The summed E-state index contributed by atoms with van der Waals surface area (Å²) in [6.45, 7) is 0. The Morgan fingerprint density at radius 2 is 2.00 bits per heavy atom. The zero-order chi connectivity index (χ0) is 13.9. The lowest BCUT2D eigenvalue weighted by molar-refractivity contribution is 0.102. The van der Waals surface area contributed by atoms with Crippen LogP contribution in [0.1, 0.15) is 10.5 Å². The molecule has 0 spiro atoms. The van der Waals surface area contributed by atoms with Crippen molar-refractivity contribution in [1.82, 2.24) is 9.97 Å². The van der Waals surface area contributed by atoms with Crippen LogP contribution >= 0.6 is 22.7 Å². The molecule has 0 fully saturated rings. The van der Waals surface area contributed by atoms with Crippen LogP contribution in [0, 0.1) is 5.82 Å². The molecule has 0 bridgehead atoms. The van der Waals surface area contributed by atoms with Crippen molar-refractivity contribution in [3.05, 3.63) is 52.7 Å². The molecular weight excluding hydrogens is 297 g/mol. The Morgan fingerprint density at radius 3 is 2.70 bits per heavy atom. The monoisotopic (exact) mass is 305 g/mol. The Morgan fingerprint density at radius 1 is 1.20 bits per heavy atom. The van der Waals surface area contributed by atoms with Gasteiger partial charge in [0.15, 0.2) is 5.13 Å². The normalized spacial score (nSPS) is 10.4. The van der Waals surface area contributed by atoms with Crippen molar-refractivity contribution in [3.8, 4) is 10.6 Å². The van der Waals surface area contributed by atoms with Crippen molar-refractivity contribution in [3.63, 3.8) is 0 Å². The van der Waals surface area contributed by atoms with E-state index in [1.54, 1.807) is 29.1 Å². The highest BCUT2D eigenvalue weighted by Crippen LogP contribution is 2.24. The van der Waals surface area contributed by atoms with Crippen LogP contribution in [0.2, 0.25) is 0 Å². The molecule has 0 aliphatic carbocycles. The molecule has 4 nitrogen and oxygen atoms in total. The highest BCUT2D eigenvalue weighted by molar-refractivity contribution is 7.14. The van der Waals surface area contributed by atoms with Gasteiger partial charge in [0.2, 0.25) is 0 Å². The molecule has 0 radical (unpaired) electrons. The van der Waals surface area contributed by atoms with E-state index in [1.807, 2.05) is 0 Å². The maximum atomic E-state index is 12.9. The van der Waals surface area contributed by atoms with Gasteiger partial charge in [0.1, 0.15) is 16.5 Å². The Hall–Kier alpha value is -2.12. The smallest absolute Gasteiger partial charge is 0.276 e. The van der Waals surface area contributed by atoms with Gasteiger partial charge in [-0.1, -0.05) is 0 Å². The number of anilines is 1. The van der Waals surface area contributed by atoms with Crippen LogP contribution in [-0.2, 0) is 0 Å². The molecule has 1 aromatic carbocycles. The van der Waals surface area contributed by atoms with Crippen LogP contribution in [0.4, 0.5) is 9.52 Å². The third-order valence-electron chi connectivity index (χ3n) is 2.48. The Kier molecular flexibility index (Phi) is 3.53. The molecular formula is C13H8FN3OS2. The van der Waals surface area contributed by atoms with Gasteiger partial charge in [0.25, 0.3) is 5.91 Å². The van der Waals surface area contributed by atoms with E-state index in [-0.39, 0.29) is 11.7 Å². The van der Waals surface area contributed by atoms with Gasteiger partial charge in [-0.05, 0) is 24.3 Å². The number of benzene rings is 1. The van der Waals surface area contributed by atoms with Gasteiger partial charge in [-0.2, -0.15) is 0 Å². The maximum Gasteiger partial charge on any atom is 0.276 e. The van der Waals surface area contributed by atoms with Crippen LogP contribution in [0.3, 0.4) is 0 Å². The van der Waals surface area contributed by atoms with Gasteiger partial charge in [-0.15, -0.1) is 22.7 Å². The molecule has 0 aliphatic rings. The highest BCUT2D eigenvalue weighted by atomic mass is 32.1. The zero-order valence-corrected chi connectivity index (χ0v) is 11.7. The first-order chi connectivity index (χ1) is 9.72. The van der Waals surface area contributed by atoms with Crippen LogP contribution in [0.25, 0.3) is 10.6 Å². The lowest BCUT2D eigenvalue weighted by atomic mass is 10.2. The molecule has 1 N–H and O–H groups in total. The number of aromatic nitrogens is 2. The van der Waals surface area contributed by atoms with E-state index in [1.165, 1.54) is 34.8 Å². The third-order valence-corrected chi connectivity index (χ3v) is 4.06. The number of thiazole rings is 2. The van der Waals surface area contributed by atoms with Crippen molar-refractivity contribution in [2.24, 2.45) is 0 Å². The fraction of sp³-hybridized carbons (Fsp3) is 0. The minimum atomic E-state index is -0.301. The molecule has 2 aromatic heterocycles. The lowest BCUT2D eigenvalue weighted by Crippen LogP contribution is -2.11. The van der Waals surface area contributed by atoms with E-state index in [0.29, 0.717) is 15.8 Å². The quantitative estimate of drug-likeness (QED) is 0.803. The van der Waals surface area contributed by atoms with E-state index in [0.717, 1.165) is 5.56 Å². The highest BCUT2D eigenvalue weighted by Gasteiger charge is 2.13. The first kappa shape index (κ1) is 12.9. The van der Waals surface area contributed by atoms with Crippen LogP contribution in [-0.4, -0.2) is 15.9 Å². The molecule has 1 amide bonds. The molecule has 0 atom stereocenters. The summed E-state index contributed by atoms with van der Waals surface area (Å²) in [7, 11) is 0. The zero-order valence-electron chi connectivity index (χ0n) is 10.0. The molecule has 0 saturated carbocycles. The fourth-order valence-corrected chi connectivity index (χ4v) is 2.88. The number of rotatable bonds is 3. The summed E-state index contributed by atoms with van der Waals surface area (Å²) in [5.74, 6) is -0.600. The Balaban J connectivity index is 1.79. The first-order valence-electron chi connectivity index (χ1n) is 5.65. The minimum absolute atomic E-state index is 0.299. The number of carbonyl (C=O) groups is 1. The average Bonchev–Trinajstić information content (AvgIpc) is 3.10. The summed E-state index contributed by atoms with van der Waals surface area (Å²) < 4.78 is 12.9. The van der Waals surface area contributed by atoms with E-state index < -0.39 is 0 Å². The summed E-state index contributed by atoms with van der Waals surface area (Å²) in [6, 6.07) is 6.01.